The van der Waals surface area contributed by atoms with Crippen molar-refractivity contribution in [3.05, 3.63) is 65.2 Å². The zero-order chi connectivity index (χ0) is 16.9. The van der Waals surface area contributed by atoms with Crippen molar-refractivity contribution in [2.75, 3.05) is 0 Å². The third kappa shape index (κ3) is 12.4. The molecule has 27 heavy (non-hydrogen) atoms. The number of carbonyl (C=O) groups is 2. The zero-order valence-electron chi connectivity index (χ0n) is 13.1. The summed E-state index contributed by atoms with van der Waals surface area (Å²) in [5.74, 6) is -3.18. The standard InChI is InChI=1S/2C5H4N2O4.Ca.4H2O/c2*8-3-1-2(4(9)10)6-5(11)7-3;;;;;/h2*1H,(H,9,10)(H2,6,7,8,11);;4*1H2/q;;+2;;;;/p-2. The molecule has 2 aromatic heterocycles. The van der Waals surface area contributed by atoms with Crippen molar-refractivity contribution in [2.45, 2.75) is 0 Å². The van der Waals surface area contributed by atoms with E-state index in [2.05, 4.69) is 0 Å². The van der Waals surface area contributed by atoms with Crippen LogP contribution in [0.4, 0.5) is 0 Å². The Labute approximate surface area is 176 Å². The summed E-state index contributed by atoms with van der Waals surface area (Å²) in [6.45, 7) is 0. The predicted molar refractivity (Wildman–Crippen MR) is 84.2 cm³/mol. The molecule has 2 aromatic rings. The SMILES string of the molecule is O.O.O.O.O=C([O-])c1cc(=O)[nH]c(=O)[nH]1.O=C([O-])c1cc(=O)[nH]c(=O)[nH]1.[Ca+2]. The summed E-state index contributed by atoms with van der Waals surface area (Å²) in [7, 11) is 0. The number of rotatable bonds is 2. The number of carbonyl (C=O) groups excluding carboxylic acids is 2. The molecule has 17 heteroatoms. The topological polar surface area (TPSA) is 338 Å². The summed E-state index contributed by atoms with van der Waals surface area (Å²) in [6.07, 6.45) is 0. The average molecular weight is 422 g/mol. The van der Waals surface area contributed by atoms with Crippen molar-refractivity contribution < 1.29 is 41.7 Å². The number of hydrogen-bond donors (Lipinski definition) is 4. The maximum Gasteiger partial charge on any atom is 2.00 e. The van der Waals surface area contributed by atoms with Gasteiger partial charge in [0.25, 0.3) is 11.1 Å². The average Bonchev–Trinajstić information content (AvgIpc) is 2.37. The molecule has 0 aliphatic carbocycles. The van der Waals surface area contributed by atoms with Gasteiger partial charge in [-0.15, -0.1) is 0 Å². The second-order valence-electron chi connectivity index (χ2n) is 3.58. The number of aromatic carboxylic acids is 2. The van der Waals surface area contributed by atoms with E-state index in [-0.39, 0.29) is 59.6 Å². The van der Waals surface area contributed by atoms with Gasteiger partial charge in [-0.3, -0.25) is 19.6 Å². The van der Waals surface area contributed by atoms with Gasteiger partial charge in [-0.1, -0.05) is 0 Å². The minimum atomic E-state index is -1.59. The van der Waals surface area contributed by atoms with Crippen LogP contribution in [0.2, 0.25) is 0 Å². The van der Waals surface area contributed by atoms with Crippen LogP contribution in [-0.4, -0.2) is 91.5 Å². The molecule has 0 aliphatic rings. The predicted octanol–water partition coefficient (Wildman–Crippen LogP) is -8.83. The molecule has 0 unspecified atom stereocenters. The fraction of sp³-hybridized carbons (Fsp3) is 0. The van der Waals surface area contributed by atoms with E-state index in [1.165, 1.54) is 0 Å². The fourth-order valence-corrected chi connectivity index (χ4v) is 1.16. The minimum absolute atomic E-state index is 0. The van der Waals surface area contributed by atoms with Crippen LogP contribution in [0.25, 0.3) is 0 Å². The number of hydrogen-bond acceptors (Lipinski definition) is 8. The van der Waals surface area contributed by atoms with Crippen LogP contribution in [0.1, 0.15) is 21.0 Å². The largest absolute Gasteiger partial charge is 2.00 e. The molecule has 0 radical (unpaired) electrons. The van der Waals surface area contributed by atoms with Gasteiger partial charge in [0.2, 0.25) is 0 Å². The summed E-state index contributed by atoms with van der Waals surface area (Å²) in [6, 6.07) is 1.47. The van der Waals surface area contributed by atoms with Crippen LogP contribution in [0, 0.1) is 0 Å². The summed E-state index contributed by atoms with van der Waals surface area (Å²) in [5.41, 5.74) is -4.33. The van der Waals surface area contributed by atoms with Gasteiger partial charge in [0.15, 0.2) is 0 Å². The van der Waals surface area contributed by atoms with Gasteiger partial charge in [-0.25, -0.2) is 9.59 Å². The molecule has 0 saturated carbocycles. The molecular weight excluding hydrogens is 408 g/mol. The Hall–Kier alpha value is -2.60. The molecule has 0 saturated heterocycles. The molecule has 0 fully saturated rings. The van der Waals surface area contributed by atoms with Crippen molar-refractivity contribution in [1.82, 2.24) is 19.9 Å². The second-order valence-corrected chi connectivity index (χ2v) is 3.58. The van der Waals surface area contributed by atoms with Crippen molar-refractivity contribution in [2.24, 2.45) is 0 Å². The quantitative estimate of drug-likeness (QED) is 0.335. The van der Waals surface area contributed by atoms with E-state index in [0.717, 1.165) is 12.1 Å². The van der Waals surface area contributed by atoms with Crippen molar-refractivity contribution in [3.63, 3.8) is 0 Å². The Morgan fingerprint density at radius 1 is 0.630 bits per heavy atom. The summed E-state index contributed by atoms with van der Waals surface area (Å²) < 4.78 is 0. The van der Waals surface area contributed by atoms with Gasteiger partial charge in [-0.05, 0) is 0 Å². The number of H-pyrrole nitrogens is 4. The zero-order valence-corrected chi connectivity index (χ0v) is 15.3. The molecule has 2 rings (SSSR count). The van der Waals surface area contributed by atoms with Crippen LogP contribution in [0.15, 0.2) is 31.3 Å². The first-order valence-corrected chi connectivity index (χ1v) is 5.29. The van der Waals surface area contributed by atoms with Crippen molar-refractivity contribution in [1.29, 1.82) is 0 Å². The summed E-state index contributed by atoms with van der Waals surface area (Å²) >= 11 is 0. The molecule has 0 atom stereocenters. The van der Waals surface area contributed by atoms with Gasteiger partial charge >= 0.3 is 49.1 Å². The Kier molecular flexibility index (Phi) is 20.6. The monoisotopic (exact) mass is 422 g/mol. The molecule has 0 aliphatic heterocycles. The Balaban J connectivity index is -0.000000101. The fourth-order valence-electron chi connectivity index (χ4n) is 1.16. The van der Waals surface area contributed by atoms with Crippen LogP contribution < -0.4 is 32.7 Å². The van der Waals surface area contributed by atoms with Crippen LogP contribution in [-0.2, 0) is 0 Å². The van der Waals surface area contributed by atoms with Crippen molar-refractivity contribution >= 4 is 49.7 Å². The van der Waals surface area contributed by atoms with Crippen LogP contribution >= 0.6 is 0 Å². The first-order valence-electron chi connectivity index (χ1n) is 5.29. The maximum absolute atomic E-state index is 10.4. The molecule has 0 bridgehead atoms. The van der Waals surface area contributed by atoms with Gasteiger partial charge in [0.1, 0.15) is 0 Å². The number of carboxylic acids is 2. The normalized spacial score (nSPS) is 7.70. The van der Waals surface area contributed by atoms with Gasteiger partial charge in [-0.2, -0.15) is 0 Å². The first kappa shape index (κ1) is 35.5. The molecular formula is C10H14CaN4O12. The molecule has 148 valence electrons. The molecule has 12 N–H and O–H groups in total. The van der Waals surface area contributed by atoms with Gasteiger partial charge in [0.05, 0.1) is 23.3 Å². The van der Waals surface area contributed by atoms with Gasteiger partial charge < -0.3 is 51.7 Å². The van der Waals surface area contributed by atoms with E-state index < -0.39 is 45.8 Å². The molecule has 0 amide bonds. The van der Waals surface area contributed by atoms with E-state index in [0.29, 0.717) is 0 Å². The van der Waals surface area contributed by atoms with Gasteiger partial charge in [0, 0.05) is 12.1 Å². The van der Waals surface area contributed by atoms with E-state index in [1.807, 2.05) is 19.9 Å². The number of nitrogens with one attached hydrogen (secondary N) is 4. The summed E-state index contributed by atoms with van der Waals surface area (Å²) in [5, 5.41) is 20.1. The van der Waals surface area contributed by atoms with Crippen LogP contribution in [0.3, 0.4) is 0 Å². The number of carboxylic acid groups (broad SMARTS) is 2. The smallest absolute Gasteiger partial charge is 0.543 e. The minimum Gasteiger partial charge on any atom is -0.543 e. The number of aromatic amines is 4. The van der Waals surface area contributed by atoms with E-state index in [1.54, 1.807) is 0 Å². The third-order valence-electron chi connectivity index (χ3n) is 1.96. The molecule has 0 aromatic carbocycles. The van der Waals surface area contributed by atoms with E-state index in [4.69, 9.17) is 0 Å². The van der Waals surface area contributed by atoms with E-state index >= 15 is 0 Å². The maximum atomic E-state index is 10.4. The van der Waals surface area contributed by atoms with Crippen molar-refractivity contribution in [3.8, 4) is 0 Å². The molecule has 0 spiro atoms. The summed E-state index contributed by atoms with van der Waals surface area (Å²) in [4.78, 5) is 69.2. The second kappa shape index (κ2) is 15.6. The van der Waals surface area contributed by atoms with E-state index in [9.17, 15) is 39.0 Å². The Morgan fingerprint density at radius 3 is 1.07 bits per heavy atom. The Bertz CT molecular complexity index is 808. The molecule has 16 nitrogen and oxygen atoms in total. The first-order chi connectivity index (χ1) is 10.2. The number of aromatic nitrogens is 4. The Morgan fingerprint density at radius 2 is 0.889 bits per heavy atom. The molecule has 2 heterocycles. The van der Waals surface area contributed by atoms with Crippen LogP contribution in [0.5, 0.6) is 0 Å². The third-order valence-corrected chi connectivity index (χ3v) is 1.96.